The largest absolute Gasteiger partial charge is 0.465 e. The molecule has 0 radical (unpaired) electrons. The summed E-state index contributed by atoms with van der Waals surface area (Å²) in [7, 11) is 1.46. The Hall–Kier alpha value is -1.30. The molecule has 2 aliphatic rings. The van der Waals surface area contributed by atoms with E-state index in [1.807, 2.05) is 4.90 Å². The van der Waals surface area contributed by atoms with E-state index in [4.69, 9.17) is 10.8 Å². The van der Waals surface area contributed by atoms with Gasteiger partial charge in [0.05, 0.1) is 0 Å². The number of carboxylic acid groups (broad SMARTS) is 1. The van der Waals surface area contributed by atoms with Gasteiger partial charge in [0.15, 0.2) is 0 Å². The van der Waals surface area contributed by atoms with Gasteiger partial charge in [-0.05, 0) is 32.1 Å². The molecule has 0 aromatic carbocycles. The molecule has 0 aromatic rings. The molecular weight excluding hydrogens is 234 g/mol. The topological polar surface area (TPSA) is 86.9 Å². The van der Waals surface area contributed by atoms with Crippen molar-refractivity contribution in [2.45, 2.75) is 50.2 Å². The molecule has 6 heteroatoms. The average Bonchev–Trinajstić information content (AvgIpc) is 2.71. The molecule has 6 nitrogen and oxygen atoms in total. The second kappa shape index (κ2) is 5.14. The summed E-state index contributed by atoms with van der Waals surface area (Å²) in [5, 5.41) is 8.93. The number of likely N-dealkylation sites (N-methyl/N-ethyl adjacent to an activating group) is 1. The fraction of sp³-hybridized carbons (Fsp3) is 0.833. The second-order valence-corrected chi connectivity index (χ2v) is 5.30. The number of nitrogens with two attached hydrogens (primary N) is 1. The van der Waals surface area contributed by atoms with Gasteiger partial charge in [0.2, 0.25) is 5.91 Å². The Morgan fingerprint density at radius 2 is 1.94 bits per heavy atom. The van der Waals surface area contributed by atoms with Crippen molar-refractivity contribution in [1.82, 2.24) is 9.80 Å². The van der Waals surface area contributed by atoms with Crippen LogP contribution < -0.4 is 5.73 Å². The van der Waals surface area contributed by atoms with Crippen molar-refractivity contribution in [2.75, 3.05) is 13.6 Å². The number of hydrogen-bond donors (Lipinski definition) is 2. The lowest BCUT2D eigenvalue weighted by molar-refractivity contribution is -0.133. The average molecular weight is 255 g/mol. The number of nitrogens with zero attached hydrogens (tertiary/aromatic N) is 2. The van der Waals surface area contributed by atoms with Crippen molar-refractivity contribution in [3.63, 3.8) is 0 Å². The Bertz CT molecular complexity index is 339. The standard InChI is InChI=1S/C12H21N3O3/c1-14(12(17)18)10-6-7-15(11(10)16)9-4-2-8(13)3-5-9/h8-10H,2-7,13H2,1H3,(H,17,18)/t8?,9?,10-/m0/s1. The fourth-order valence-corrected chi connectivity index (χ4v) is 2.95. The summed E-state index contributed by atoms with van der Waals surface area (Å²) in [6.45, 7) is 0.668. The number of carbonyl (C=O) groups excluding carboxylic acids is 1. The lowest BCUT2D eigenvalue weighted by Gasteiger charge is -2.33. The maximum absolute atomic E-state index is 12.2. The summed E-state index contributed by atoms with van der Waals surface area (Å²) in [6.07, 6.45) is 3.35. The predicted molar refractivity (Wildman–Crippen MR) is 66.1 cm³/mol. The SMILES string of the molecule is CN(C(=O)O)[C@H]1CCN(C2CCC(N)CC2)C1=O. The van der Waals surface area contributed by atoms with Crippen LogP contribution in [0.25, 0.3) is 0 Å². The molecule has 2 amide bonds. The Morgan fingerprint density at radius 1 is 1.33 bits per heavy atom. The molecule has 0 unspecified atom stereocenters. The van der Waals surface area contributed by atoms with Crippen LogP contribution >= 0.6 is 0 Å². The summed E-state index contributed by atoms with van der Waals surface area (Å²) in [6, 6.07) is 0.0130. The van der Waals surface area contributed by atoms with Gasteiger partial charge in [0.25, 0.3) is 0 Å². The molecule has 1 atom stereocenters. The van der Waals surface area contributed by atoms with Crippen LogP contribution in [0.3, 0.4) is 0 Å². The minimum atomic E-state index is -1.04. The summed E-state index contributed by atoms with van der Waals surface area (Å²) >= 11 is 0. The Morgan fingerprint density at radius 3 is 2.50 bits per heavy atom. The molecule has 1 aliphatic carbocycles. The molecule has 0 spiro atoms. The van der Waals surface area contributed by atoms with E-state index in [1.165, 1.54) is 7.05 Å². The van der Waals surface area contributed by atoms with Crippen molar-refractivity contribution in [3.05, 3.63) is 0 Å². The molecule has 0 aromatic heterocycles. The van der Waals surface area contributed by atoms with Crippen LogP contribution in [0.4, 0.5) is 4.79 Å². The lowest BCUT2D eigenvalue weighted by Crippen LogP contribution is -2.46. The predicted octanol–water partition coefficient (Wildman–Crippen LogP) is 0.467. The Balaban J connectivity index is 1.97. The minimum Gasteiger partial charge on any atom is -0.465 e. The lowest BCUT2D eigenvalue weighted by atomic mass is 9.91. The third kappa shape index (κ3) is 2.43. The van der Waals surface area contributed by atoms with E-state index in [0.717, 1.165) is 30.6 Å². The zero-order chi connectivity index (χ0) is 13.3. The monoisotopic (exact) mass is 255 g/mol. The van der Waals surface area contributed by atoms with E-state index in [2.05, 4.69) is 0 Å². The first-order valence-electron chi connectivity index (χ1n) is 6.52. The highest BCUT2D eigenvalue weighted by Gasteiger charge is 2.40. The van der Waals surface area contributed by atoms with Gasteiger partial charge in [-0.1, -0.05) is 0 Å². The molecule has 102 valence electrons. The summed E-state index contributed by atoms with van der Waals surface area (Å²) < 4.78 is 0. The third-order valence-electron chi connectivity index (χ3n) is 4.16. The zero-order valence-electron chi connectivity index (χ0n) is 10.7. The molecule has 2 fully saturated rings. The first-order valence-corrected chi connectivity index (χ1v) is 6.52. The van der Waals surface area contributed by atoms with Crippen LogP contribution in [-0.2, 0) is 4.79 Å². The van der Waals surface area contributed by atoms with Gasteiger partial charge < -0.3 is 15.7 Å². The van der Waals surface area contributed by atoms with Gasteiger partial charge in [0.1, 0.15) is 6.04 Å². The van der Waals surface area contributed by atoms with E-state index in [-0.39, 0.29) is 18.0 Å². The molecule has 1 saturated carbocycles. The zero-order valence-corrected chi connectivity index (χ0v) is 10.7. The molecule has 3 N–H and O–H groups in total. The van der Waals surface area contributed by atoms with E-state index < -0.39 is 12.1 Å². The number of hydrogen-bond acceptors (Lipinski definition) is 3. The fourth-order valence-electron chi connectivity index (χ4n) is 2.95. The highest BCUT2D eigenvalue weighted by atomic mass is 16.4. The number of carbonyl (C=O) groups is 2. The van der Waals surface area contributed by atoms with E-state index in [1.54, 1.807) is 0 Å². The number of rotatable bonds is 2. The Labute approximate surface area is 107 Å². The third-order valence-corrected chi connectivity index (χ3v) is 4.16. The van der Waals surface area contributed by atoms with Gasteiger partial charge in [-0.2, -0.15) is 0 Å². The normalized spacial score (nSPS) is 32.7. The second-order valence-electron chi connectivity index (χ2n) is 5.30. The van der Waals surface area contributed by atoms with Gasteiger partial charge in [-0.15, -0.1) is 0 Å². The molecule has 18 heavy (non-hydrogen) atoms. The van der Waals surface area contributed by atoms with Gasteiger partial charge in [-0.25, -0.2) is 4.79 Å². The summed E-state index contributed by atoms with van der Waals surface area (Å²) in [5.74, 6) is -0.0413. The molecular formula is C12H21N3O3. The first kappa shape index (κ1) is 13.1. The molecule has 1 heterocycles. The van der Waals surface area contributed by atoms with E-state index in [0.29, 0.717) is 13.0 Å². The van der Waals surface area contributed by atoms with Crippen LogP contribution in [0.1, 0.15) is 32.1 Å². The maximum atomic E-state index is 12.2. The van der Waals surface area contributed by atoms with E-state index in [9.17, 15) is 9.59 Å². The molecule has 1 saturated heterocycles. The summed E-state index contributed by atoms with van der Waals surface area (Å²) in [4.78, 5) is 26.1. The smallest absolute Gasteiger partial charge is 0.407 e. The van der Waals surface area contributed by atoms with Crippen molar-refractivity contribution in [2.24, 2.45) is 5.73 Å². The first-order chi connectivity index (χ1) is 8.50. The van der Waals surface area contributed by atoms with Crippen LogP contribution in [-0.4, -0.2) is 58.6 Å². The number of likely N-dealkylation sites (tertiary alicyclic amines) is 1. The minimum absolute atomic E-state index is 0.0413. The highest BCUT2D eigenvalue weighted by molar-refractivity contribution is 5.87. The van der Waals surface area contributed by atoms with E-state index >= 15 is 0 Å². The van der Waals surface area contributed by atoms with Crippen LogP contribution in [0, 0.1) is 0 Å². The van der Waals surface area contributed by atoms with Gasteiger partial charge in [-0.3, -0.25) is 9.69 Å². The van der Waals surface area contributed by atoms with Crippen LogP contribution in [0.5, 0.6) is 0 Å². The van der Waals surface area contributed by atoms with Gasteiger partial charge in [0, 0.05) is 25.7 Å². The highest BCUT2D eigenvalue weighted by Crippen LogP contribution is 2.27. The van der Waals surface area contributed by atoms with Crippen molar-refractivity contribution < 1.29 is 14.7 Å². The maximum Gasteiger partial charge on any atom is 0.407 e. The molecule has 0 bridgehead atoms. The van der Waals surface area contributed by atoms with Gasteiger partial charge >= 0.3 is 6.09 Å². The number of amides is 2. The van der Waals surface area contributed by atoms with Crippen molar-refractivity contribution in [3.8, 4) is 0 Å². The molecule has 2 rings (SSSR count). The quantitative estimate of drug-likeness (QED) is 0.750. The molecule has 1 aliphatic heterocycles. The van der Waals surface area contributed by atoms with Crippen LogP contribution in [0.15, 0.2) is 0 Å². The van der Waals surface area contributed by atoms with Crippen molar-refractivity contribution >= 4 is 12.0 Å². The van der Waals surface area contributed by atoms with Crippen LogP contribution in [0.2, 0.25) is 0 Å². The van der Waals surface area contributed by atoms with Crippen molar-refractivity contribution in [1.29, 1.82) is 0 Å². The Kier molecular flexibility index (Phi) is 3.75. The summed E-state index contributed by atoms with van der Waals surface area (Å²) in [5.41, 5.74) is 5.86.